The van der Waals surface area contributed by atoms with Gasteiger partial charge < -0.3 is 9.73 Å². The zero-order valence-electron chi connectivity index (χ0n) is 13.4. The summed E-state index contributed by atoms with van der Waals surface area (Å²) in [5, 5.41) is 4.96. The number of furan rings is 1. The number of nitrogens with one attached hydrogen (secondary N) is 1. The predicted octanol–water partition coefficient (Wildman–Crippen LogP) is 3.49. The van der Waals surface area contributed by atoms with Crippen LogP contribution in [0.25, 0.3) is 0 Å². The van der Waals surface area contributed by atoms with Crippen LogP contribution in [-0.4, -0.2) is 34.0 Å². The zero-order chi connectivity index (χ0) is 14.8. The molecule has 1 aromatic heterocycles. The van der Waals surface area contributed by atoms with E-state index >= 15 is 0 Å². The van der Waals surface area contributed by atoms with Crippen molar-refractivity contribution in [3.05, 3.63) is 23.7 Å². The van der Waals surface area contributed by atoms with E-state index in [0.29, 0.717) is 10.5 Å². The third-order valence-electron chi connectivity index (χ3n) is 3.51. The van der Waals surface area contributed by atoms with E-state index in [-0.39, 0.29) is 5.54 Å². The minimum Gasteiger partial charge on any atom is -0.468 e. The number of hydrogen-bond acceptors (Lipinski definition) is 4. The van der Waals surface area contributed by atoms with Crippen LogP contribution in [0, 0.1) is 0 Å². The fourth-order valence-corrected chi connectivity index (χ4v) is 4.03. The largest absolute Gasteiger partial charge is 0.468 e. The van der Waals surface area contributed by atoms with Crippen molar-refractivity contribution in [2.75, 3.05) is 13.1 Å². The molecule has 0 aromatic carbocycles. The second-order valence-electron chi connectivity index (χ2n) is 6.92. The minimum absolute atomic E-state index is 0.138. The molecule has 0 spiro atoms. The molecule has 1 saturated heterocycles. The summed E-state index contributed by atoms with van der Waals surface area (Å²) in [7, 11) is 0. The second-order valence-corrected chi connectivity index (χ2v) is 8.81. The van der Waals surface area contributed by atoms with Gasteiger partial charge in [-0.1, -0.05) is 13.8 Å². The Labute approximate surface area is 127 Å². The fourth-order valence-electron chi connectivity index (χ4n) is 2.64. The van der Waals surface area contributed by atoms with E-state index in [2.05, 4.69) is 62.7 Å². The van der Waals surface area contributed by atoms with Crippen molar-refractivity contribution in [1.29, 1.82) is 0 Å². The van der Waals surface area contributed by atoms with E-state index in [0.717, 1.165) is 31.9 Å². The van der Waals surface area contributed by atoms with Gasteiger partial charge in [-0.05, 0) is 26.8 Å². The van der Waals surface area contributed by atoms with Gasteiger partial charge in [0, 0.05) is 41.2 Å². The quantitative estimate of drug-likeness (QED) is 0.920. The maximum absolute atomic E-state index is 5.71. The van der Waals surface area contributed by atoms with Crippen molar-refractivity contribution < 1.29 is 4.42 Å². The lowest BCUT2D eigenvalue weighted by atomic mass is 10.1. The lowest BCUT2D eigenvalue weighted by Gasteiger charge is -2.34. The molecule has 0 aliphatic carbocycles. The molecule has 2 rings (SSSR count). The standard InChI is InChI=1S/C16H28N2OS/c1-12-9-18(10-13(2)20-12)11-15-14(6-7-19-15)8-17-16(3,4)5/h6-7,12-13,17H,8-11H2,1-5H3. The van der Waals surface area contributed by atoms with Gasteiger partial charge in [0.1, 0.15) is 5.76 Å². The normalized spacial score (nSPS) is 25.1. The molecule has 1 aromatic rings. The Kier molecular flexibility index (Phi) is 5.21. The molecule has 114 valence electrons. The van der Waals surface area contributed by atoms with E-state index in [4.69, 9.17) is 4.42 Å². The summed E-state index contributed by atoms with van der Waals surface area (Å²) in [4.78, 5) is 2.52. The van der Waals surface area contributed by atoms with Gasteiger partial charge in [0.2, 0.25) is 0 Å². The Bertz CT molecular complexity index is 414. The number of thioether (sulfide) groups is 1. The van der Waals surface area contributed by atoms with Gasteiger partial charge in [0.25, 0.3) is 0 Å². The molecule has 0 saturated carbocycles. The molecule has 2 heterocycles. The van der Waals surface area contributed by atoms with Crippen molar-refractivity contribution in [2.45, 2.75) is 63.7 Å². The van der Waals surface area contributed by atoms with Crippen molar-refractivity contribution in [1.82, 2.24) is 10.2 Å². The summed E-state index contributed by atoms with van der Waals surface area (Å²) in [6.45, 7) is 15.3. The highest BCUT2D eigenvalue weighted by molar-refractivity contribution is 8.00. The predicted molar refractivity (Wildman–Crippen MR) is 87.1 cm³/mol. The Balaban J connectivity index is 1.94. The van der Waals surface area contributed by atoms with Crippen LogP contribution in [0.3, 0.4) is 0 Å². The monoisotopic (exact) mass is 296 g/mol. The molecule has 2 unspecified atom stereocenters. The highest BCUT2D eigenvalue weighted by Crippen LogP contribution is 2.26. The van der Waals surface area contributed by atoms with Crippen molar-refractivity contribution in [2.24, 2.45) is 0 Å². The van der Waals surface area contributed by atoms with Crippen LogP contribution in [0.15, 0.2) is 16.7 Å². The molecule has 1 fully saturated rings. The molecule has 0 amide bonds. The number of hydrogen-bond donors (Lipinski definition) is 1. The smallest absolute Gasteiger partial charge is 0.122 e. The van der Waals surface area contributed by atoms with E-state index < -0.39 is 0 Å². The first-order valence-corrected chi connectivity index (χ1v) is 8.46. The van der Waals surface area contributed by atoms with E-state index in [1.807, 2.05) is 6.26 Å². The van der Waals surface area contributed by atoms with Crippen LogP contribution in [0.4, 0.5) is 0 Å². The van der Waals surface area contributed by atoms with Gasteiger partial charge in [-0.15, -0.1) is 0 Å². The van der Waals surface area contributed by atoms with E-state index in [9.17, 15) is 0 Å². The van der Waals surface area contributed by atoms with Gasteiger partial charge in [-0.2, -0.15) is 11.8 Å². The van der Waals surface area contributed by atoms with Crippen LogP contribution >= 0.6 is 11.8 Å². The molecule has 0 bridgehead atoms. The molecule has 3 nitrogen and oxygen atoms in total. The first-order chi connectivity index (χ1) is 9.33. The lowest BCUT2D eigenvalue weighted by molar-refractivity contribution is 0.239. The topological polar surface area (TPSA) is 28.4 Å². The van der Waals surface area contributed by atoms with Crippen LogP contribution in [-0.2, 0) is 13.1 Å². The van der Waals surface area contributed by atoms with Crippen LogP contribution in [0.5, 0.6) is 0 Å². The second kappa shape index (κ2) is 6.54. The molecule has 0 radical (unpaired) electrons. The number of rotatable bonds is 4. The summed E-state index contributed by atoms with van der Waals surface area (Å²) in [5.41, 5.74) is 1.43. The first kappa shape index (κ1) is 15.9. The molecular formula is C16H28N2OS. The summed E-state index contributed by atoms with van der Waals surface area (Å²) in [5.74, 6) is 1.12. The minimum atomic E-state index is 0.138. The molecule has 1 N–H and O–H groups in total. The fraction of sp³-hybridized carbons (Fsp3) is 0.750. The summed E-state index contributed by atoms with van der Waals surface area (Å²) < 4.78 is 5.71. The van der Waals surface area contributed by atoms with E-state index in [1.165, 1.54) is 5.56 Å². The van der Waals surface area contributed by atoms with Crippen LogP contribution in [0.2, 0.25) is 0 Å². The van der Waals surface area contributed by atoms with Crippen molar-refractivity contribution in [3.63, 3.8) is 0 Å². The van der Waals surface area contributed by atoms with Crippen LogP contribution < -0.4 is 5.32 Å². The highest BCUT2D eigenvalue weighted by Gasteiger charge is 2.23. The van der Waals surface area contributed by atoms with Crippen molar-refractivity contribution >= 4 is 11.8 Å². The Hall–Kier alpha value is -0.450. The average Bonchev–Trinajstić information content (AvgIpc) is 2.71. The van der Waals surface area contributed by atoms with Gasteiger partial charge in [0.05, 0.1) is 12.8 Å². The Morgan fingerprint density at radius 1 is 1.30 bits per heavy atom. The number of nitrogens with zero attached hydrogens (tertiary/aromatic N) is 1. The summed E-state index contributed by atoms with van der Waals surface area (Å²) >= 11 is 2.09. The molecule has 1 aliphatic rings. The highest BCUT2D eigenvalue weighted by atomic mass is 32.2. The average molecular weight is 296 g/mol. The molecule has 20 heavy (non-hydrogen) atoms. The molecule has 1 aliphatic heterocycles. The van der Waals surface area contributed by atoms with Gasteiger partial charge in [-0.3, -0.25) is 4.90 Å². The van der Waals surface area contributed by atoms with Gasteiger partial charge >= 0.3 is 0 Å². The van der Waals surface area contributed by atoms with Gasteiger partial charge in [0.15, 0.2) is 0 Å². The maximum atomic E-state index is 5.71. The van der Waals surface area contributed by atoms with Gasteiger partial charge in [-0.25, -0.2) is 0 Å². The third kappa shape index (κ3) is 4.83. The molecule has 4 heteroatoms. The molecular weight excluding hydrogens is 268 g/mol. The maximum Gasteiger partial charge on any atom is 0.122 e. The zero-order valence-corrected chi connectivity index (χ0v) is 14.2. The Morgan fingerprint density at radius 3 is 2.55 bits per heavy atom. The summed E-state index contributed by atoms with van der Waals surface area (Å²) in [6, 6.07) is 2.10. The Morgan fingerprint density at radius 2 is 1.95 bits per heavy atom. The first-order valence-electron chi connectivity index (χ1n) is 7.51. The van der Waals surface area contributed by atoms with Crippen LogP contribution in [0.1, 0.15) is 45.9 Å². The van der Waals surface area contributed by atoms with Crippen molar-refractivity contribution in [3.8, 4) is 0 Å². The SMILES string of the molecule is CC1CN(Cc2occc2CNC(C)(C)C)CC(C)S1. The summed E-state index contributed by atoms with van der Waals surface area (Å²) in [6.07, 6.45) is 1.82. The third-order valence-corrected chi connectivity index (χ3v) is 4.74. The van der Waals surface area contributed by atoms with E-state index in [1.54, 1.807) is 0 Å². The molecule has 2 atom stereocenters. The lowest BCUT2D eigenvalue weighted by Crippen LogP contribution is -2.40.